The fourth-order valence-electron chi connectivity index (χ4n) is 4.32. The number of aromatic nitrogens is 2. The molecule has 0 saturated heterocycles. The second-order valence-corrected chi connectivity index (χ2v) is 7.57. The highest BCUT2D eigenvalue weighted by atomic mass is 19.1. The maximum absolute atomic E-state index is 14.5. The molecule has 0 fully saturated rings. The van der Waals surface area contributed by atoms with Gasteiger partial charge in [0.1, 0.15) is 17.1 Å². The third kappa shape index (κ3) is 2.93. The summed E-state index contributed by atoms with van der Waals surface area (Å²) in [6.45, 7) is 1.99. The van der Waals surface area contributed by atoms with E-state index in [1.54, 1.807) is 42.7 Å². The number of fused-ring (bicyclic) bond motifs is 3. The lowest BCUT2D eigenvalue weighted by Crippen LogP contribution is -2.14. The van der Waals surface area contributed by atoms with Crippen LogP contribution in [0.1, 0.15) is 28.5 Å². The van der Waals surface area contributed by atoms with E-state index in [0.717, 1.165) is 17.4 Å². The molecule has 0 unspecified atom stereocenters. The zero-order valence-electron chi connectivity index (χ0n) is 17.2. The topological polar surface area (TPSA) is 88.2 Å². The molecule has 5 rings (SSSR count). The Morgan fingerprint density at radius 1 is 1.12 bits per heavy atom. The molecule has 0 bridgehead atoms. The molecule has 5 aromatic rings. The van der Waals surface area contributed by atoms with Crippen molar-refractivity contribution in [3.63, 3.8) is 0 Å². The predicted octanol–water partition coefficient (Wildman–Crippen LogP) is 5.19. The van der Waals surface area contributed by atoms with Gasteiger partial charge < -0.3 is 19.1 Å². The van der Waals surface area contributed by atoms with Gasteiger partial charge in [-0.1, -0.05) is 25.1 Å². The van der Waals surface area contributed by atoms with E-state index in [1.165, 1.54) is 16.8 Å². The Hall–Kier alpha value is -4.13. The van der Waals surface area contributed by atoms with Crippen molar-refractivity contribution in [1.29, 1.82) is 0 Å². The van der Waals surface area contributed by atoms with Crippen molar-refractivity contribution >= 4 is 27.8 Å². The molecule has 0 aliphatic heterocycles. The quantitative estimate of drug-likeness (QED) is 0.402. The fourth-order valence-corrected chi connectivity index (χ4v) is 4.32. The zero-order valence-corrected chi connectivity index (χ0v) is 17.2. The molecular weight excluding hydrogens is 411 g/mol. The average Bonchev–Trinajstić information content (AvgIpc) is 3.34. The number of furan rings is 1. The van der Waals surface area contributed by atoms with E-state index in [-0.39, 0.29) is 23.4 Å². The SMILES string of the molecule is CCc1coc2c1ccc1c2c(-c2ccc[nH]c2=O)c(C(=O)O)n1Cc1ccccc1F. The number of halogens is 1. The van der Waals surface area contributed by atoms with E-state index in [4.69, 9.17) is 4.42 Å². The summed E-state index contributed by atoms with van der Waals surface area (Å²) in [5.74, 6) is -1.65. The Bertz CT molecular complexity index is 1560. The second kappa shape index (κ2) is 7.53. The maximum atomic E-state index is 14.5. The highest BCUT2D eigenvalue weighted by Crippen LogP contribution is 2.40. The number of nitrogens with one attached hydrogen (secondary N) is 1. The fraction of sp³-hybridized carbons (Fsp3) is 0.120. The van der Waals surface area contributed by atoms with E-state index in [2.05, 4.69) is 4.98 Å². The van der Waals surface area contributed by atoms with Crippen molar-refractivity contribution in [3.05, 3.63) is 94.0 Å². The van der Waals surface area contributed by atoms with Crippen LogP contribution >= 0.6 is 0 Å². The maximum Gasteiger partial charge on any atom is 0.353 e. The number of pyridine rings is 1. The molecule has 3 aromatic heterocycles. The molecule has 0 saturated carbocycles. The number of benzene rings is 2. The molecule has 2 aromatic carbocycles. The van der Waals surface area contributed by atoms with Crippen LogP contribution in [0.15, 0.2) is 70.2 Å². The van der Waals surface area contributed by atoms with Gasteiger partial charge in [-0.2, -0.15) is 0 Å². The summed E-state index contributed by atoms with van der Waals surface area (Å²) in [6, 6.07) is 13.1. The molecule has 160 valence electrons. The Kier molecular flexibility index (Phi) is 4.66. The highest BCUT2D eigenvalue weighted by molar-refractivity contribution is 6.17. The van der Waals surface area contributed by atoms with Gasteiger partial charge in [-0.15, -0.1) is 0 Å². The summed E-state index contributed by atoms with van der Waals surface area (Å²) in [7, 11) is 0. The van der Waals surface area contributed by atoms with Crippen molar-refractivity contribution in [2.45, 2.75) is 19.9 Å². The van der Waals surface area contributed by atoms with Gasteiger partial charge in [-0.05, 0) is 42.3 Å². The lowest BCUT2D eigenvalue weighted by Gasteiger charge is -2.10. The van der Waals surface area contributed by atoms with Crippen LogP contribution in [-0.2, 0) is 13.0 Å². The van der Waals surface area contributed by atoms with Gasteiger partial charge in [0, 0.05) is 22.7 Å². The number of H-pyrrole nitrogens is 1. The molecule has 0 aliphatic carbocycles. The summed E-state index contributed by atoms with van der Waals surface area (Å²) in [5, 5.41) is 11.6. The van der Waals surface area contributed by atoms with Crippen molar-refractivity contribution in [1.82, 2.24) is 9.55 Å². The first-order valence-electron chi connectivity index (χ1n) is 10.2. The van der Waals surface area contributed by atoms with Crippen LogP contribution in [0.5, 0.6) is 0 Å². The standard InChI is InChI=1S/C25H19FN2O4/c1-2-14-13-32-23-16(14)9-10-19-21(23)20(17-7-5-11-27-24(17)29)22(25(30)31)28(19)12-15-6-3-4-8-18(15)26/h3-11,13H,2,12H2,1H3,(H,27,29)(H,30,31). The Balaban J connectivity index is 1.95. The number of aromatic carboxylic acids is 1. The van der Waals surface area contributed by atoms with Crippen LogP contribution in [0.4, 0.5) is 4.39 Å². The monoisotopic (exact) mass is 430 g/mol. The second-order valence-electron chi connectivity index (χ2n) is 7.57. The number of rotatable bonds is 5. The molecule has 2 N–H and O–H groups in total. The molecule has 0 atom stereocenters. The highest BCUT2D eigenvalue weighted by Gasteiger charge is 2.28. The summed E-state index contributed by atoms with van der Waals surface area (Å²) in [4.78, 5) is 27.8. The number of hydrogen-bond acceptors (Lipinski definition) is 3. The van der Waals surface area contributed by atoms with E-state index in [9.17, 15) is 19.1 Å². The number of aryl methyl sites for hydroxylation is 1. The van der Waals surface area contributed by atoms with Gasteiger partial charge >= 0.3 is 5.97 Å². The largest absolute Gasteiger partial charge is 0.477 e. The molecule has 0 radical (unpaired) electrons. The van der Waals surface area contributed by atoms with Gasteiger partial charge in [0.2, 0.25) is 0 Å². The first-order valence-corrected chi connectivity index (χ1v) is 10.2. The van der Waals surface area contributed by atoms with Crippen LogP contribution in [-0.4, -0.2) is 20.6 Å². The summed E-state index contributed by atoms with van der Waals surface area (Å²) in [6.07, 6.45) is 3.88. The lowest BCUT2D eigenvalue weighted by molar-refractivity contribution is 0.0687. The summed E-state index contributed by atoms with van der Waals surface area (Å²) < 4.78 is 21.9. The Labute approximate surface area is 181 Å². The third-order valence-electron chi connectivity index (χ3n) is 5.81. The molecule has 32 heavy (non-hydrogen) atoms. The van der Waals surface area contributed by atoms with Gasteiger partial charge in [0.25, 0.3) is 5.56 Å². The molecule has 0 aliphatic rings. The number of nitrogens with zero attached hydrogens (tertiary/aromatic N) is 1. The van der Waals surface area contributed by atoms with Crippen LogP contribution in [0.2, 0.25) is 0 Å². The third-order valence-corrected chi connectivity index (χ3v) is 5.81. The number of hydrogen-bond donors (Lipinski definition) is 2. The van der Waals surface area contributed by atoms with E-state index < -0.39 is 17.3 Å². The Morgan fingerprint density at radius 3 is 2.66 bits per heavy atom. The lowest BCUT2D eigenvalue weighted by atomic mass is 10.0. The van der Waals surface area contributed by atoms with Crippen LogP contribution in [0.3, 0.4) is 0 Å². The number of carboxylic acids is 1. The van der Waals surface area contributed by atoms with Crippen LogP contribution in [0.25, 0.3) is 33.0 Å². The van der Waals surface area contributed by atoms with Crippen molar-refractivity contribution in [2.75, 3.05) is 0 Å². The molecule has 0 spiro atoms. The summed E-state index contributed by atoms with van der Waals surface area (Å²) >= 11 is 0. The number of aromatic amines is 1. The molecule has 3 heterocycles. The zero-order chi connectivity index (χ0) is 22.4. The van der Waals surface area contributed by atoms with Crippen molar-refractivity contribution in [2.24, 2.45) is 0 Å². The van der Waals surface area contributed by atoms with E-state index >= 15 is 0 Å². The molecular formula is C25H19FN2O4. The average molecular weight is 430 g/mol. The minimum atomic E-state index is -1.22. The Morgan fingerprint density at radius 2 is 1.94 bits per heavy atom. The van der Waals surface area contributed by atoms with Gasteiger partial charge in [-0.25, -0.2) is 9.18 Å². The predicted molar refractivity (Wildman–Crippen MR) is 120 cm³/mol. The number of carbonyl (C=O) groups is 1. The molecule has 6 nitrogen and oxygen atoms in total. The van der Waals surface area contributed by atoms with Crippen molar-refractivity contribution < 1.29 is 18.7 Å². The minimum Gasteiger partial charge on any atom is -0.477 e. The first-order chi connectivity index (χ1) is 15.5. The normalized spacial score (nSPS) is 11.4. The molecule has 0 amide bonds. The van der Waals surface area contributed by atoms with Crippen LogP contribution < -0.4 is 5.56 Å². The van der Waals surface area contributed by atoms with Crippen LogP contribution in [0, 0.1) is 5.82 Å². The van der Waals surface area contributed by atoms with E-state index in [0.29, 0.717) is 22.0 Å². The van der Waals surface area contributed by atoms with Crippen molar-refractivity contribution in [3.8, 4) is 11.1 Å². The molecule has 7 heteroatoms. The van der Waals surface area contributed by atoms with E-state index in [1.807, 2.05) is 13.0 Å². The summed E-state index contributed by atoms with van der Waals surface area (Å²) in [5.41, 5.74) is 2.34. The first kappa shape index (κ1) is 19.8. The number of carboxylic acid groups (broad SMARTS) is 1. The van der Waals surface area contributed by atoms with Gasteiger partial charge in [0.15, 0.2) is 0 Å². The minimum absolute atomic E-state index is 0.0115. The smallest absolute Gasteiger partial charge is 0.353 e. The van der Waals surface area contributed by atoms with Gasteiger partial charge in [0.05, 0.1) is 29.3 Å². The van der Waals surface area contributed by atoms with Gasteiger partial charge in [-0.3, -0.25) is 4.79 Å².